The van der Waals surface area contributed by atoms with Crippen molar-refractivity contribution in [2.45, 2.75) is 0 Å². The summed E-state index contributed by atoms with van der Waals surface area (Å²) >= 11 is 0. The van der Waals surface area contributed by atoms with Crippen molar-refractivity contribution in [3.8, 4) is 0 Å². The summed E-state index contributed by atoms with van der Waals surface area (Å²) < 4.78 is 0. The second kappa shape index (κ2) is 101. The summed E-state index contributed by atoms with van der Waals surface area (Å²) in [5.41, 5.74) is 0. The fourth-order valence-corrected chi connectivity index (χ4v) is 0. The maximum atomic E-state index is 0. The smallest absolute Gasteiger partial charge is 0 e. The van der Waals surface area contributed by atoms with Gasteiger partial charge in [0.1, 0.15) is 0 Å². The van der Waals surface area contributed by atoms with Gasteiger partial charge in [-0.05, 0) is 0 Å². The van der Waals surface area contributed by atoms with E-state index < -0.39 is 0 Å². The topological polar surface area (TPSA) is 0 Å². The summed E-state index contributed by atoms with van der Waals surface area (Å²) in [6.45, 7) is 0. The van der Waals surface area contributed by atoms with Crippen LogP contribution in [0.1, 0.15) is 0 Å². The Morgan fingerprint density at radius 2 is 0.500 bits per heavy atom. The van der Waals surface area contributed by atoms with Gasteiger partial charge in [0.25, 0.3) is 0 Å². The van der Waals surface area contributed by atoms with E-state index >= 15 is 0 Å². The zero-order valence-corrected chi connectivity index (χ0v) is 3.10. The van der Waals surface area contributed by atoms with Crippen LogP contribution in [0, 0.1) is 0 Å². The number of halogens is 3. The van der Waals surface area contributed by atoms with E-state index in [1.807, 2.05) is 0 Å². The van der Waals surface area contributed by atoms with Crippen LogP contribution in [0.3, 0.4) is 0 Å². The first-order valence-corrected chi connectivity index (χ1v) is 0. The summed E-state index contributed by atoms with van der Waals surface area (Å²) in [6.07, 6.45) is 0. The molecule has 0 aliphatic carbocycles. The minimum absolute atomic E-state index is 0. The molecule has 4 heteroatoms. The molecule has 0 spiro atoms. The van der Waals surface area contributed by atoms with Crippen molar-refractivity contribution in [3.05, 3.63) is 0 Å². The van der Waals surface area contributed by atoms with Gasteiger partial charge in [-0.15, -0.1) is 0 Å². The molecule has 0 unspecified atom stereocenters. The molecule has 0 rings (SSSR count). The van der Waals surface area contributed by atoms with Crippen LogP contribution in [-0.2, 0) is 20.4 Å². The molecule has 0 aromatic heterocycles. The predicted octanol–water partition coefficient (Wildman–Crippen LogP) is 0.455. The van der Waals surface area contributed by atoms with E-state index in [0.29, 0.717) is 0 Å². The van der Waals surface area contributed by atoms with Gasteiger partial charge in [-0.1, -0.05) is 0 Å². The molecule has 0 N–H and O–H groups in total. The van der Waals surface area contributed by atoms with Crippen molar-refractivity contribution in [3.63, 3.8) is 0 Å². The van der Waals surface area contributed by atoms with E-state index in [4.69, 9.17) is 0 Å². The maximum absolute atomic E-state index is 0. The number of rotatable bonds is 0. The summed E-state index contributed by atoms with van der Waals surface area (Å²) in [6, 6.07) is 0. The van der Waals surface area contributed by atoms with Gasteiger partial charge in [0.15, 0.2) is 0 Å². The second-order valence-corrected chi connectivity index (χ2v) is 0. The van der Waals surface area contributed by atoms with Crippen LogP contribution in [0.15, 0.2) is 0 Å². The molecule has 0 heterocycles. The van der Waals surface area contributed by atoms with Gasteiger partial charge in [-0.2, -0.15) is 0 Å². The monoisotopic (exact) mass is 166 g/mol. The molecule has 0 aliphatic rings. The Hall–Kier alpha value is 0.452. The number of hydrogen-bond acceptors (Lipinski definition) is 0. The van der Waals surface area contributed by atoms with Crippen molar-refractivity contribution in [1.82, 2.24) is 0 Å². The van der Waals surface area contributed by atoms with E-state index in [9.17, 15) is 0 Å². The van der Waals surface area contributed by atoms with Crippen molar-refractivity contribution < 1.29 is 34.5 Å². The molecule has 0 aromatic rings. The molecule has 0 aliphatic heterocycles. The first kappa shape index (κ1) is 259. The van der Waals surface area contributed by atoms with Gasteiger partial charge in [0.05, 0.1) is 0 Å². The van der Waals surface area contributed by atoms with Crippen LogP contribution >= 0.6 is 0 Å². The maximum Gasteiger partial charge on any atom is 0 e. The molecular weight excluding hydrogens is 163 g/mol. The predicted molar refractivity (Wildman–Crippen MR) is 7.51 cm³/mol. The summed E-state index contributed by atoms with van der Waals surface area (Å²) in [5.74, 6) is 0. The Bertz CT molecular complexity index is 3.25. The summed E-state index contributed by atoms with van der Waals surface area (Å²) in [7, 11) is 0. The molecule has 0 bridgehead atoms. The molecule has 4 heavy (non-hydrogen) atoms. The molecule has 0 atom stereocenters. The van der Waals surface area contributed by atoms with Crippen LogP contribution in [0.25, 0.3) is 0 Å². The van der Waals surface area contributed by atoms with Gasteiger partial charge in [-0.25, -0.2) is 0 Å². The van der Waals surface area contributed by atoms with E-state index in [0.717, 1.165) is 0 Å². The Kier molecular flexibility index (Phi) is 6580. The zero-order valence-electron chi connectivity index (χ0n) is 1.54. The molecule has 0 saturated carbocycles. The van der Waals surface area contributed by atoms with E-state index in [2.05, 4.69) is 0 Å². The normalized spacial score (nSPS) is 0. The number of hydrogen-bond donors (Lipinski definition) is 0. The van der Waals surface area contributed by atoms with Crippen molar-refractivity contribution in [2.24, 2.45) is 0 Å². The third kappa shape index (κ3) is 25.3. The Morgan fingerprint density at radius 1 is 0.500 bits per heavy atom. The van der Waals surface area contributed by atoms with Crippen LogP contribution in [0.2, 0.25) is 0 Å². The van der Waals surface area contributed by atoms with Crippen molar-refractivity contribution in [2.75, 3.05) is 0 Å². The standard InChI is InChI=1S/3FH.Pd/h3*1H;. The first-order chi connectivity index (χ1) is 0. The average molecular weight is 166 g/mol. The minimum atomic E-state index is 0. The summed E-state index contributed by atoms with van der Waals surface area (Å²) in [5, 5.41) is 0. The second-order valence-electron chi connectivity index (χ2n) is 0. The quantitative estimate of drug-likeness (QED) is 0.459. The molecule has 0 nitrogen and oxygen atoms in total. The van der Waals surface area contributed by atoms with Gasteiger partial charge < -0.3 is 0 Å². The largest absolute Gasteiger partial charge is 0.269 e. The fourth-order valence-electron chi connectivity index (χ4n) is 0. The zero-order chi connectivity index (χ0) is 0. The van der Waals surface area contributed by atoms with Gasteiger partial charge in [-0.3, -0.25) is 14.1 Å². The van der Waals surface area contributed by atoms with Gasteiger partial charge in [0.2, 0.25) is 0 Å². The van der Waals surface area contributed by atoms with Crippen LogP contribution in [-0.4, -0.2) is 0 Å². The molecular formula is H3F3Pd. The van der Waals surface area contributed by atoms with Crippen molar-refractivity contribution in [1.29, 1.82) is 0 Å². The van der Waals surface area contributed by atoms with Crippen LogP contribution in [0.4, 0.5) is 14.1 Å². The third-order valence-electron chi connectivity index (χ3n) is 0. The summed E-state index contributed by atoms with van der Waals surface area (Å²) in [4.78, 5) is 0. The Morgan fingerprint density at radius 3 is 0.500 bits per heavy atom. The average Bonchev–Trinajstić information content (AvgIpc) is 0. The van der Waals surface area contributed by atoms with Gasteiger partial charge >= 0.3 is 0 Å². The van der Waals surface area contributed by atoms with Gasteiger partial charge in [0, 0.05) is 20.4 Å². The van der Waals surface area contributed by atoms with Crippen molar-refractivity contribution >= 4 is 0 Å². The van der Waals surface area contributed by atoms with E-state index in [1.54, 1.807) is 0 Å². The minimum Gasteiger partial charge on any atom is -0.269 e. The van der Waals surface area contributed by atoms with E-state index in [-0.39, 0.29) is 34.5 Å². The third-order valence-corrected chi connectivity index (χ3v) is 0. The molecule has 34 valence electrons. The SMILES string of the molecule is F.F.F.[Pd]. The molecule has 0 aromatic carbocycles. The van der Waals surface area contributed by atoms with Crippen LogP contribution in [0.5, 0.6) is 0 Å². The molecule has 0 amide bonds. The molecule has 0 fully saturated rings. The Balaban J connectivity index is 0. The first-order valence-electron chi connectivity index (χ1n) is 0. The van der Waals surface area contributed by atoms with Crippen LogP contribution < -0.4 is 0 Å². The Labute approximate surface area is 35.3 Å². The molecule has 0 saturated heterocycles. The fraction of sp³-hybridized carbons (Fsp3) is 0. The van der Waals surface area contributed by atoms with E-state index in [1.165, 1.54) is 0 Å². The molecule has 0 radical (unpaired) electrons.